The number of hydrogen-bond donors (Lipinski definition) is 0. The van der Waals surface area contributed by atoms with Gasteiger partial charge >= 0.3 is 0 Å². The lowest BCUT2D eigenvalue weighted by atomic mass is 10.1. The SMILES string of the molecule is C[C@@H]1CCCP1CCP1[C@@H](C)CCC[C@@H]1C. The molecule has 0 spiro atoms. The molecule has 0 N–H and O–H groups in total. The van der Waals surface area contributed by atoms with Crippen LogP contribution >= 0.6 is 15.8 Å². The Morgan fingerprint density at radius 3 is 2.00 bits per heavy atom. The third-order valence-corrected chi connectivity index (χ3v) is 11.8. The van der Waals surface area contributed by atoms with Crippen LogP contribution in [0.4, 0.5) is 0 Å². The minimum Gasteiger partial charge on any atom is -0.103 e. The first kappa shape index (κ1) is 13.3. The van der Waals surface area contributed by atoms with Crippen LogP contribution in [0.1, 0.15) is 52.9 Å². The molecule has 0 aromatic carbocycles. The van der Waals surface area contributed by atoms with Gasteiger partial charge in [0.25, 0.3) is 0 Å². The van der Waals surface area contributed by atoms with Crippen molar-refractivity contribution in [3.05, 3.63) is 0 Å². The van der Waals surface area contributed by atoms with Crippen molar-refractivity contribution in [3.63, 3.8) is 0 Å². The summed E-state index contributed by atoms with van der Waals surface area (Å²) in [5.41, 5.74) is 3.25. The van der Waals surface area contributed by atoms with E-state index >= 15 is 0 Å². The molecule has 94 valence electrons. The molecule has 1 unspecified atom stereocenters. The summed E-state index contributed by atoms with van der Waals surface area (Å²) >= 11 is 0. The normalized spacial score (nSPS) is 41.4. The van der Waals surface area contributed by atoms with Crippen molar-refractivity contribution in [2.75, 3.05) is 18.5 Å². The van der Waals surface area contributed by atoms with E-state index in [0.29, 0.717) is 15.8 Å². The zero-order valence-corrected chi connectivity index (χ0v) is 13.1. The third kappa shape index (κ3) is 3.20. The van der Waals surface area contributed by atoms with E-state index in [2.05, 4.69) is 20.8 Å². The minimum atomic E-state index is 0.387. The van der Waals surface area contributed by atoms with Crippen LogP contribution < -0.4 is 0 Å². The maximum atomic E-state index is 2.53. The van der Waals surface area contributed by atoms with Crippen LogP contribution in [0.3, 0.4) is 0 Å². The maximum absolute atomic E-state index is 2.53. The highest BCUT2D eigenvalue weighted by atomic mass is 31.1. The van der Waals surface area contributed by atoms with Gasteiger partial charge in [-0.25, -0.2) is 0 Å². The van der Waals surface area contributed by atoms with Crippen LogP contribution in [0.15, 0.2) is 0 Å². The van der Waals surface area contributed by atoms with Crippen molar-refractivity contribution in [1.29, 1.82) is 0 Å². The number of rotatable bonds is 3. The van der Waals surface area contributed by atoms with Crippen LogP contribution in [0.25, 0.3) is 0 Å². The summed E-state index contributed by atoms with van der Waals surface area (Å²) in [5, 5.41) is 0. The average Bonchev–Trinajstić information content (AvgIpc) is 2.64. The molecule has 2 aliphatic rings. The summed E-state index contributed by atoms with van der Waals surface area (Å²) in [6, 6.07) is 0. The Labute approximate surface area is 104 Å². The third-order valence-electron chi connectivity index (χ3n) is 4.71. The molecular formula is C14H28P2. The molecule has 2 heteroatoms. The smallest absolute Gasteiger partial charge is 0.0235 e. The van der Waals surface area contributed by atoms with Crippen molar-refractivity contribution in [3.8, 4) is 0 Å². The van der Waals surface area contributed by atoms with Gasteiger partial charge in [0.05, 0.1) is 0 Å². The number of hydrogen-bond acceptors (Lipinski definition) is 0. The van der Waals surface area contributed by atoms with Crippen molar-refractivity contribution >= 4 is 15.8 Å². The molecule has 0 aliphatic carbocycles. The Balaban J connectivity index is 1.79. The first-order chi connectivity index (χ1) is 7.68. The fraction of sp³-hybridized carbons (Fsp3) is 1.00. The van der Waals surface area contributed by atoms with Crippen molar-refractivity contribution in [1.82, 2.24) is 0 Å². The van der Waals surface area contributed by atoms with E-state index in [4.69, 9.17) is 0 Å². The van der Waals surface area contributed by atoms with E-state index in [0.717, 1.165) is 17.0 Å². The molecule has 0 bridgehead atoms. The zero-order valence-electron chi connectivity index (χ0n) is 11.3. The second-order valence-corrected chi connectivity index (χ2v) is 12.1. The van der Waals surface area contributed by atoms with Crippen molar-refractivity contribution in [2.45, 2.75) is 69.9 Å². The lowest BCUT2D eigenvalue weighted by Crippen LogP contribution is -2.19. The first-order valence-electron chi connectivity index (χ1n) is 7.18. The van der Waals surface area contributed by atoms with E-state index in [1.807, 2.05) is 0 Å². The lowest BCUT2D eigenvalue weighted by Gasteiger charge is -2.36. The van der Waals surface area contributed by atoms with E-state index in [1.54, 1.807) is 18.5 Å². The molecule has 2 saturated heterocycles. The maximum Gasteiger partial charge on any atom is -0.0235 e. The van der Waals surface area contributed by atoms with E-state index < -0.39 is 0 Å². The highest BCUT2D eigenvalue weighted by molar-refractivity contribution is 7.63. The molecule has 0 amide bonds. The Morgan fingerprint density at radius 2 is 1.44 bits per heavy atom. The van der Waals surface area contributed by atoms with Gasteiger partial charge in [0.2, 0.25) is 0 Å². The summed E-state index contributed by atoms with van der Waals surface area (Å²) < 4.78 is 0. The summed E-state index contributed by atoms with van der Waals surface area (Å²) in [5.74, 6) is 0. The topological polar surface area (TPSA) is 0 Å². The van der Waals surface area contributed by atoms with Crippen LogP contribution in [0, 0.1) is 0 Å². The minimum absolute atomic E-state index is 0.387. The predicted molar refractivity (Wildman–Crippen MR) is 79.9 cm³/mol. The molecular weight excluding hydrogens is 230 g/mol. The Hall–Kier alpha value is 0.860. The van der Waals surface area contributed by atoms with Gasteiger partial charge in [0, 0.05) is 0 Å². The molecule has 2 aliphatic heterocycles. The van der Waals surface area contributed by atoms with Gasteiger partial charge in [-0.3, -0.25) is 0 Å². The summed E-state index contributed by atoms with van der Waals surface area (Å²) in [6.07, 6.45) is 12.5. The fourth-order valence-corrected chi connectivity index (χ4v) is 10.5. The molecule has 0 aromatic heterocycles. The lowest BCUT2D eigenvalue weighted by molar-refractivity contribution is 0.624. The second-order valence-electron chi connectivity index (χ2n) is 5.89. The van der Waals surface area contributed by atoms with Gasteiger partial charge in [-0.1, -0.05) is 27.2 Å². The van der Waals surface area contributed by atoms with Gasteiger partial charge < -0.3 is 0 Å². The summed E-state index contributed by atoms with van der Waals surface area (Å²) in [6.45, 7) is 7.58. The van der Waals surface area contributed by atoms with Crippen LogP contribution in [-0.4, -0.2) is 35.5 Å². The van der Waals surface area contributed by atoms with Crippen molar-refractivity contribution in [2.24, 2.45) is 0 Å². The standard InChI is InChI=1S/C14H28P2/c1-12-8-5-9-15(12)10-11-16-13(2)6-4-7-14(16)3/h12-14H,4-11H2,1-3H3/t12-,13+,14+,15?/m1/s1. The quantitative estimate of drug-likeness (QED) is 0.618. The molecule has 2 fully saturated rings. The molecule has 0 radical (unpaired) electrons. The average molecular weight is 258 g/mol. The fourth-order valence-electron chi connectivity index (χ4n) is 3.48. The second kappa shape index (κ2) is 6.15. The molecule has 0 saturated carbocycles. The van der Waals surface area contributed by atoms with Gasteiger partial charge in [0.15, 0.2) is 0 Å². The van der Waals surface area contributed by atoms with Gasteiger partial charge in [0.1, 0.15) is 0 Å². The van der Waals surface area contributed by atoms with Crippen LogP contribution in [0.2, 0.25) is 0 Å². The molecule has 2 rings (SSSR count). The van der Waals surface area contributed by atoms with Crippen LogP contribution in [0.5, 0.6) is 0 Å². The molecule has 0 aromatic rings. The highest BCUT2D eigenvalue weighted by Crippen LogP contribution is 2.57. The van der Waals surface area contributed by atoms with E-state index in [-0.39, 0.29) is 0 Å². The first-order valence-corrected chi connectivity index (χ1v) is 10.6. The Morgan fingerprint density at radius 1 is 0.812 bits per heavy atom. The van der Waals surface area contributed by atoms with E-state index in [1.165, 1.54) is 32.1 Å². The van der Waals surface area contributed by atoms with Gasteiger partial charge in [-0.2, -0.15) is 0 Å². The highest BCUT2D eigenvalue weighted by Gasteiger charge is 2.29. The molecule has 2 heterocycles. The Kier molecular flexibility index (Phi) is 5.11. The molecule has 0 nitrogen and oxygen atoms in total. The molecule has 16 heavy (non-hydrogen) atoms. The summed E-state index contributed by atoms with van der Waals surface area (Å²) in [4.78, 5) is 0. The van der Waals surface area contributed by atoms with Gasteiger partial charge in [-0.15, -0.1) is 15.8 Å². The largest absolute Gasteiger partial charge is 0.103 e. The van der Waals surface area contributed by atoms with Crippen LogP contribution in [-0.2, 0) is 0 Å². The van der Waals surface area contributed by atoms with Crippen molar-refractivity contribution < 1.29 is 0 Å². The van der Waals surface area contributed by atoms with Gasteiger partial charge in [-0.05, 0) is 61.1 Å². The monoisotopic (exact) mass is 258 g/mol. The predicted octanol–water partition coefficient (Wildman–Crippen LogP) is 5.09. The Bertz CT molecular complexity index is 207. The zero-order chi connectivity index (χ0) is 11.5. The molecule has 4 atom stereocenters. The van der Waals surface area contributed by atoms with E-state index in [9.17, 15) is 0 Å². The summed E-state index contributed by atoms with van der Waals surface area (Å²) in [7, 11) is 0.834.